The van der Waals surface area contributed by atoms with Crippen molar-refractivity contribution < 1.29 is 0 Å². The molecule has 1 aromatic heterocycles. The fourth-order valence-corrected chi connectivity index (χ4v) is 2.59. The van der Waals surface area contributed by atoms with Crippen molar-refractivity contribution in [3.8, 4) is 0 Å². The average molecular weight is 249 g/mol. The predicted molar refractivity (Wildman–Crippen MR) is 72.7 cm³/mol. The lowest BCUT2D eigenvalue weighted by atomic mass is 9.96. The van der Waals surface area contributed by atoms with Gasteiger partial charge in [-0.15, -0.1) is 5.10 Å². The zero-order valence-corrected chi connectivity index (χ0v) is 11.8. The second-order valence-corrected chi connectivity index (χ2v) is 5.49. The van der Waals surface area contributed by atoms with Crippen LogP contribution in [0.4, 0.5) is 5.95 Å². The maximum Gasteiger partial charge on any atom is 0.243 e. The van der Waals surface area contributed by atoms with E-state index in [1.807, 2.05) is 13.8 Å². The van der Waals surface area contributed by atoms with E-state index in [-0.39, 0.29) is 5.54 Å². The van der Waals surface area contributed by atoms with Crippen molar-refractivity contribution >= 4 is 5.95 Å². The first-order valence-electron chi connectivity index (χ1n) is 6.63. The van der Waals surface area contributed by atoms with Gasteiger partial charge >= 0.3 is 0 Å². The number of likely N-dealkylation sites (N-methyl/N-ethyl adjacent to an activating group) is 1. The minimum Gasteiger partial charge on any atom is -0.351 e. The SMILES string of the molecule is Cc1nnc(NCC2(N(C)C)CCCC2)nc1C. The van der Waals surface area contributed by atoms with Gasteiger partial charge in [-0.05, 0) is 40.8 Å². The molecule has 0 amide bonds. The van der Waals surface area contributed by atoms with Crippen LogP contribution in [0.5, 0.6) is 0 Å². The normalized spacial score (nSPS) is 18.3. The van der Waals surface area contributed by atoms with Crippen LogP contribution < -0.4 is 5.32 Å². The molecule has 0 atom stereocenters. The van der Waals surface area contributed by atoms with Crippen LogP contribution in [0.3, 0.4) is 0 Å². The van der Waals surface area contributed by atoms with E-state index in [1.165, 1.54) is 25.7 Å². The molecule has 0 bridgehead atoms. The van der Waals surface area contributed by atoms with Crippen LogP contribution in [0.1, 0.15) is 37.1 Å². The Labute approximate surface area is 109 Å². The Kier molecular flexibility index (Phi) is 3.80. The molecule has 18 heavy (non-hydrogen) atoms. The third-order valence-corrected chi connectivity index (χ3v) is 4.15. The van der Waals surface area contributed by atoms with Crippen LogP contribution in [-0.2, 0) is 0 Å². The summed E-state index contributed by atoms with van der Waals surface area (Å²) < 4.78 is 0. The van der Waals surface area contributed by atoms with Gasteiger partial charge < -0.3 is 10.2 Å². The van der Waals surface area contributed by atoms with Crippen molar-refractivity contribution in [1.82, 2.24) is 20.1 Å². The summed E-state index contributed by atoms with van der Waals surface area (Å²) in [5.74, 6) is 0.645. The number of rotatable bonds is 4. The molecule has 2 rings (SSSR count). The van der Waals surface area contributed by atoms with Crippen molar-refractivity contribution in [2.75, 3.05) is 26.0 Å². The number of aromatic nitrogens is 3. The summed E-state index contributed by atoms with van der Waals surface area (Å²) in [5, 5.41) is 11.6. The standard InChI is InChI=1S/C13H23N5/c1-10-11(2)16-17-12(15-10)14-9-13(18(3)4)7-5-6-8-13/h5-9H2,1-4H3,(H,14,15,17). The average Bonchev–Trinajstić information content (AvgIpc) is 2.81. The van der Waals surface area contributed by atoms with E-state index in [2.05, 4.69) is 39.5 Å². The van der Waals surface area contributed by atoms with Crippen molar-refractivity contribution in [2.45, 2.75) is 45.1 Å². The Bertz CT molecular complexity index is 410. The molecule has 5 heteroatoms. The lowest BCUT2D eigenvalue weighted by Crippen LogP contribution is -2.47. The van der Waals surface area contributed by atoms with Gasteiger partial charge in [-0.25, -0.2) is 4.98 Å². The highest BCUT2D eigenvalue weighted by atomic mass is 15.3. The minimum absolute atomic E-state index is 0.252. The van der Waals surface area contributed by atoms with Crippen molar-refractivity contribution in [3.05, 3.63) is 11.4 Å². The molecule has 1 heterocycles. The molecular formula is C13H23N5. The number of anilines is 1. The van der Waals surface area contributed by atoms with Crippen LogP contribution in [-0.4, -0.2) is 46.3 Å². The molecule has 0 unspecified atom stereocenters. The van der Waals surface area contributed by atoms with E-state index in [9.17, 15) is 0 Å². The monoisotopic (exact) mass is 249 g/mol. The van der Waals surface area contributed by atoms with Gasteiger partial charge in [0.15, 0.2) is 0 Å². The molecule has 0 spiro atoms. The Hall–Kier alpha value is -1.23. The molecule has 1 aliphatic rings. The summed E-state index contributed by atoms with van der Waals surface area (Å²) in [6.07, 6.45) is 5.11. The lowest BCUT2D eigenvalue weighted by Gasteiger charge is -2.36. The van der Waals surface area contributed by atoms with Gasteiger partial charge in [0.2, 0.25) is 5.95 Å². The second kappa shape index (κ2) is 5.18. The largest absolute Gasteiger partial charge is 0.351 e. The van der Waals surface area contributed by atoms with Gasteiger partial charge in [0.05, 0.1) is 11.4 Å². The number of hydrogen-bond acceptors (Lipinski definition) is 5. The molecule has 0 aromatic carbocycles. The smallest absolute Gasteiger partial charge is 0.243 e. The predicted octanol–water partition coefficient (Wildman–Crippen LogP) is 1.77. The third-order valence-electron chi connectivity index (χ3n) is 4.15. The Balaban J connectivity index is 2.03. The summed E-state index contributed by atoms with van der Waals surface area (Å²) in [7, 11) is 4.32. The molecule has 5 nitrogen and oxygen atoms in total. The number of nitrogens with one attached hydrogen (secondary N) is 1. The third kappa shape index (κ3) is 2.61. The summed E-state index contributed by atoms with van der Waals surface area (Å²) in [5.41, 5.74) is 2.09. The van der Waals surface area contributed by atoms with Gasteiger partial charge in [-0.1, -0.05) is 12.8 Å². The van der Waals surface area contributed by atoms with E-state index >= 15 is 0 Å². The zero-order valence-electron chi connectivity index (χ0n) is 11.8. The maximum atomic E-state index is 4.42. The molecule has 0 radical (unpaired) electrons. The molecular weight excluding hydrogens is 226 g/mol. The maximum absolute atomic E-state index is 4.42. The first-order chi connectivity index (χ1) is 8.53. The van der Waals surface area contributed by atoms with Crippen molar-refractivity contribution in [1.29, 1.82) is 0 Å². The van der Waals surface area contributed by atoms with E-state index in [1.54, 1.807) is 0 Å². The van der Waals surface area contributed by atoms with E-state index < -0.39 is 0 Å². The number of hydrogen-bond donors (Lipinski definition) is 1. The second-order valence-electron chi connectivity index (χ2n) is 5.49. The molecule has 1 N–H and O–H groups in total. The van der Waals surface area contributed by atoms with Gasteiger partial charge in [0.1, 0.15) is 0 Å². The summed E-state index contributed by atoms with van der Waals surface area (Å²) in [6, 6.07) is 0. The van der Waals surface area contributed by atoms with Crippen LogP contribution in [0.2, 0.25) is 0 Å². The number of nitrogens with zero attached hydrogens (tertiary/aromatic N) is 4. The van der Waals surface area contributed by atoms with E-state index in [4.69, 9.17) is 0 Å². The van der Waals surface area contributed by atoms with Crippen LogP contribution in [0.15, 0.2) is 0 Å². The first kappa shape index (κ1) is 13.2. The Morgan fingerprint density at radius 1 is 1.11 bits per heavy atom. The molecule has 1 aromatic rings. The highest BCUT2D eigenvalue weighted by molar-refractivity contribution is 5.26. The summed E-state index contributed by atoms with van der Waals surface area (Å²) >= 11 is 0. The molecule has 0 aliphatic heterocycles. The van der Waals surface area contributed by atoms with Crippen LogP contribution in [0, 0.1) is 13.8 Å². The van der Waals surface area contributed by atoms with E-state index in [0.29, 0.717) is 5.95 Å². The molecule has 0 saturated heterocycles. The van der Waals surface area contributed by atoms with Gasteiger partial charge in [0, 0.05) is 12.1 Å². The van der Waals surface area contributed by atoms with E-state index in [0.717, 1.165) is 17.9 Å². The molecule has 1 saturated carbocycles. The summed E-state index contributed by atoms with van der Waals surface area (Å²) in [6.45, 7) is 4.79. The van der Waals surface area contributed by atoms with Crippen LogP contribution in [0.25, 0.3) is 0 Å². The topological polar surface area (TPSA) is 53.9 Å². The highest BCUT2D eigenvalue weighted by Crippen LogP contribution is 2.33. The summed E-state index contributed by atoms with van der Waals surface area (Å²) in [4.78, 5) is 6.76. The van der Waals surface area contributed by atoms with Gasteiger partial charge in [-0.3, -0.25) is 0 Å². The molecule has 100 valence electrons. The quantitative estimate of drug-likeness (QED) is 0.881. The zero-order chi connectivity index (χ0) is 13.2. The van der Waals surface area contributed by atoms with Crippen molar-refractivity contribution in [3.63, 3.8) is 0 Å². The van der Waals surface area contributed by atoms with Gasteiger partial charge in [-0.2, -0.15) is 5.10 Å². The Morgan fingerprint density at radius 2 is 1.78 bits per heavy atom. The molecule has 1 aliphatic carbocycles. The van der Waals surface area contributed by atoms with Crippen molar-refractivity contribution in [2.24, 2.45) is 0 Å². The molecule has 1 fully saturated rings. The Morgan fingerprint density at radius 3 is 2.33 bits per heavy atom. The minimum atomic E-state index is 0.252. The van der Waals surface area contributed by atoms with Crippen LogP contribution >= 0.6 is 0 Å². The fraction of sp³-hybridized carbons (Fsp3) is 0.769. The lowest BCUT2D eigenvalue weighted by molar-refractivity contribution is 0.172. The fourth-order valence-electron chi connectivity index (χ4n) is 2.59. The number of aryl methyl sites for hydroxylation is 2. The van der Waals surface area contributed by atoms with Gasteiger partial charge in [0.25, 0.3) is 0 Å². The first-order valence-corrected chi connectivity index (χ1v) is 6.63. The highest BCUT2D eigenvalue weighted by Gasteiger charge is 2.35.